The van der Waals surface area contributed by atoms with Gasteiger partial charge in [-0.1, -0.05) is 36.7 Å². The molecule has 0 saturated carbocycles. The maximum Gasteiger partial charge on any atom is 0.174 e. The van der Waals surface area contributed by atoms with Gasteiger partial charge in [0, 0.05) is 28.3 Å². The molecule has 1 aliphatic heterocycles. The number of nitrogens with one attached hydrogen (secondary N) is 1. The van der Waals surface area contributed by atoms with Crippen LogP contribution >= 0.6 is 23.8 Å². The van der Waals surface area contributed by atoms with Crippen LogP contribution in [-0.4, -0.2) is 19.8 Å². The van der Waals surface area contributed by atoms with Crippen LogP contribution < -0.4 is 10.2 Å². The van der Waals surface area contributed by atoms with Gasteiger partial charge < -0.3 is 19.9 Å². The molecular weight excluding hydrogens is 476 g/mol. The summed E-state index contributed by atoms with van der Waals surface area (Å²) in [4.78, 5) is 6.59. The van der Waals surface area contributed by atoms with Crippen molar-refractivity contribution in [3.05, 3.63) is 106 Å². The van der Waals surface area contributed by atoms with Crippen LogP contribution in [0.1, 0.15) is 47.2 Å². The van der Waals surface area contributed by atoms with Crippen molar-refractivity contribution in [1.29, 1.82) is 0 Å². The van der Waals surface area contributed by atoms with E-state index in [0.717, 1.165) is 34.8 Å². The first-order chi connectivity index (χ1) is 16.9. The molecule has 1 aliphatic rings. The normalized spacial score (nSPS) is 17.6. The van der Waals surface area contributed by atoms with E-state index in [-0.39, 0.29) is 17.8 Å². The average molecular weight is 503 g/mol. The number of anilines is 1. The number of aryl methyl sites for hydroxylation is 2. The molecule has 3 heterocycles. The quantitative estimate of drug-likeness (QED) is 0.301. The summed E-state index contributed by atoms with van der Waals surface area (Å²) >= 11 is 12.1. The Balaban J connectivity index is 1.68. The Labute approximate surface area is 216 Å². The molecule has 1 saturated heterocycles. The standard InChI is InChI=1S/C28H27ClN4OS/c1-4-19-8-11-21(12-9-19)32-17(2)15-22(18(32)3)27-26(23-7-5-6-14-30-23)31-28(35)33(27)24-16-20(29)10-13-25(24)34/h5-16,26-27,34H,4H2,1-3H3,(H,31,35)/t26-,27+/m1/s1. The minimum absolute atomic E-state index is 0.120. The second kappa shape index (κ2) is 9.36. The van der Waals surface area contributed by atoms with E-state index in [1.807, 2.05) is 23.1 Å². The van der Waals surface area contributed by atoms with Crippen LogP contribution in [-0.2, 0) is 6.42 Å². The highest BCUT2D eigenvalue weighted by atomic mass is 35.5. The minimum atomic E-state index is -0.239. The fraction of sp³-hybridized carbons (Fsp3) is 0.214. The number of aromatic hydroxyl groups is 1. The number of hydrogen-bond acceptors (Lipinski definition) is 3. The number of phenolic OH excluding ortho intramolecular Hbond substituents is 1. The molecule has 0 unspecified atom stereocenters. The van der Waals surface area contributed by atoms with Crippen molar-refractivity contribution < 1.29 is 5.11 Å². The minimum Gasteiger partial charge on any atom is -0.506 e. The summed E-state index contributed by atoms with van der Waals surface area (Å²) in [6.45, 7) is 6.40. The molecule has 2 atom stereocenters. The van der Waals surface area contributed by atoms with Gasteiger partial charge in [0.25, 0.3) is 0 Å². The zero-order valence-corrected chi connectivity index (χ0v) is 21.4. The molecule has 5 nitrogen and oxygen atoms in total. The molecule has 2 N–H and O–H groups in total. The summed E-state index contributed by atoms with van der Waals surface area (Å²) in [5.41, 5.74) is 7.19. The predicted octanol–water partition coefficient (Wildman–Crippen LogP) is 6.59. The first-order valence-corrected chi connectivity index (χ1v) is 12.4. The van der Waals surface area contributed by atoms with Gasteiger partial charge >= 0.3 is 0 Å². The lowest BCUT2D eigenvalue weighted by atomic mass is 9.96. The van der Waals surface area contributed by atoms with E-state index < -0.39 is 0 Å². The van der Waals surface area contributed by atoms with Gasteiger partial charge in [0.1, 0.15) is 5.75 Å². The number of aromatic nitrogens is 2. The molecule has 0 aliphatic carbocycles. The maximum absolute atomic E-state index is 10.8. The van der Waals surface area contributed by atoms with E-state index in [1.54, 1.807) is 24.4 Å². The summed E-state index contributed by atoms with van der Waals surface area (Å²) in [6, 6.07) is 21.3. The molecule has 0 radical (unpaired) electrons. The lowest BCUT2D eigenvalue weighted by Crippen LogP contribution is -2.29. The van der Waals surface area contributed by atoms with E-state index in [0.29, 0.717) is 15.8 Å². The van der Waals surface area contributed by atoms with Crippen LogP contribution in [0.25, 0.3) is 5.69 Å². The number of rotatable bonds is 5. The highest BCUT2D eigenvalue weighted by Gasteiger charge is 2.43. The van der Waals surface area contributed by atoms with Crippen LogP contribution in [0.15, 0.2) is 72.9 Å². The smallest absolute Gasteiger partial charge is 0.174 e. The van der Waals surface area contributed by atoms with Crippen molar-refractivity contribution in [1.82, 2.24) is 14.9 Å². The van der Waals surface area contributed by atoms with Crippen LogP contribution in [0, 0.1) is 13.8 Å². The zero-order valence-electron chi connectivity index (χ0n) is 19.9. The molecule has 4 aromatic rings. The number of hydrogen-bond donors (Lipinski definition) is 2. The molecule has 0 spiro atoms. The van der Waals surface area contributed by atoms with Gasteiger partial charge in [0.05, 0.1) is 23.5 Å². The Kier molecular flexibility index (Phi) is 6.26. The number of nitrogens with zero attached hydrogens (tertiary/aromatic N) is 3. The zero-order chi connectivity index (χ0) is 24.7. The first-order valence-electron chi connectivity index (χ1n) is 11.7. The Bertz CT molecular complexity index is 1380. The van der Waals surface area contributed by atoms with E-state index in [4.69, 9.17) is 23.8 Å². The molecule has 5 rings (SSSR count). The highest BCUT2D eigenvalue weighted by Crippen LogP contribution is 2.46. The summed E-state index contributed by atoms with van der Waals surface area (Å²) in [5, 5.41) is 15.3. The van der Waals surface area contributed by atoms with Crippen molar-refractivity contribution in [2.75, 3.05) is 4.90 Å². The largest absolute Gasteiger partial charge is 0.506 e. The molecule has 7 heteroatoms. The Morgan fingerprint density at radius 2 is 1.83 bits per heavy atom. The Morgan fingerprint density at radius 1 is 1.06 bits per heavy atom. The van der Waals surface area contributed by atoms with Gasteiger partial charge in [-0.2, -0.15) is 0 Å². The fourth-order valence-electron chi connectivity index (χ4n) is 4.99. The number of thiocarbonyl (C=S) groups is 1. The molecule has 2 aromatic heterocycles. The lowest BCUT2D eigenvalue weighted by Gasteiger charge is -2.28. The fourth-order valence-corrected chi connectivity index (χ4v) is 5.49. The van der Waals surface area contributed by atoms with Crippen molar-refractivity contribution in [2.45, 2.75) is 39.3 Å². The second-order valence-corrected chi connectivity index (χ2v) is 9.63. The molecule has 0 bridgehead atoms. The van der Waals surface area contributed by atoms with Gasteiger partial charge in [-0.3, -0.25) is 4.98 Å². The van der Waals surface area contributed by atoms with Crippen LogP contribution in [0.5, 0.6) is 5.75 Å². The molecule has 178 valence electrons. The van der Waals surface area contributed by atoms with E-state index in [1.165, 1.54) is 5.56 Å². The molecule has 35 heavy (non-hydrogen) atoms. The Hall–Kier alpha value is -3.35. The SMILES string of the molecule is CCc1ccc(-n2c(C)cc([C@H]3[C@@H](c4ccccn4)NC(=S)N3c3cc(Cl)ccc3O)c2C)cc1. The lowest BCUT2D eigenvalue weighted by molar-refractivity contribution is 0.472. The van der Waals surface area contributed by atoms with Gasteiger partial charge in [-0.15, -0.1) is 0 Å². The first kappa shape index (κ1) is 23.4. The van der Waals surface area contributed by atoms with Gasteiger partial charge in [0.15, 0.2) is 5.11 Å². The van der Waals surface area contributed by atoms with E-state index in [9.17, 15) is 5.11 Å². The summed E-state index contributed by atoms with van der Waals surface area (Å²) in [7, 11) is 0. The molecular formula is C28H27ClN4OS. The summed E-state index contributed by atoms with van der Waals surface area (Å²) in [5.74, 6) is 0.120. The number of halogens is 1. The number of pyridine rings is 1. The number of benzene rings is 2. The van der Waals surface area contributed by atoms with Crippen molar-refractivity contribution in [2.24, 2.45) is 0 Å². The summed E-state index contributed by atoms with van der Waals surface area (Å²) < 4.78 is 2.27. The van der Waals surface area contributed by atoms with Crippen molar-refractivity contribution in [3.8, 4) is 11.4 Å². The number of phenols is 1. The van der Waals surface area contributed by atoms with Gasteiger partial charge in [0.2, 0.25) is 0 Å². The van der Waals surface area contributed by atoms with Gasteiger partial charge in [-0.25, -0.2) is 0 Å². The van der Waals surface area contributed by atoms with Gasteiger partial charge in [-0.05, 0) is 92.1 Å². The second-order valence-electron chi connectivity index (χ2n) is 8.81. The predicted molar refractivity (Wildman–Crippen MR) is 146 cm³/mol. The molecule has 1 fully saturated rings. The summed E-state index contributed by atoms with van der Waals surface area (Å²) in [6.07, 6.45) is 2.79. The van der Waals surface area contributed by atoms with E-state index in [2.05, 4.69) is 66.0 Å². The van der Waals surface area contributed by atoms with Crippen molar-refractivity contribution >= 4 is 34.6 Å². The third-order valence-electron chi connectivity index (χ3n) is 6.69. The average Bonchev–Trinajstić information content (AvgIpc) is 3.36. The molecule has 2 aromatic carbocycles. The maximum atomic E-state index is 10.8. The van der Waals surface area contributed by atoms with Crippen LogP contribution in [0.4, 0.5) is 5.69 Å². The van der Waals surface area contributed by atoms with Crippen LogP contribution in [0.2, 0.25) is 5.02 Å². The van der Waals surface area contributed by atoms with E-state index >= 15 is 0 Å². The Morgan fingerprint density at radius 3 is 2.51 bits per heavy atom. The highest BCUT2D eigenvalue weighted by molar-refractivity contribution is 7.80. The monoisotopic (exact) mass is 502 g/mol. The van der Waals surface area contributed by atoms with Crippen LogP contribution in [0.3, 0.4) is 0 Å². The third kappa shape index (κ3) is 4.17. The van der Waals surface area contributed by atoms with Crippen molar-refractivity contribution in [3.63, 3.8) is 0 Å². The molecule has 0 amide bonds. The topological polar surface area (TPSA) is 53.3 Å². The third-order valence-corrected chi connectivity index (χ3v) is 7.24.